The fourth-order valence-corrected chi connectivity index (χ4v) is 7.39. The molecule has 3 heterocycles. The summed E-state index contributed by atoms with van der Waals surface area (Å²) in [4.78, 5) is 18.6. The van der Waals surface area contributed by atoms with E-state index in [2.05, 4.69) is 26.5 Å². The highest BCUT2D eigenvalue weighted by molar-refractivity contribution is 6.06. The van der Waals surface area contributed by atoms with Crippen molar-refractivity contribution < 1.29 is 9.18 Å². The smallest absolute Gasteiger partial charge is 0.256 e. The highest BCUT2D eigenvalue weighted by Crippen LogP contribution is 2.41. The summed E-state index contributed by atoms with van der Waals surface area (Å²) in [5.41, 5.74) is 3.16. The van der Waals surface area contributed by atoms with Gasteiger partial charge in [0.2, 0.25) is 0 Å². The molecule has 0 radical (unpaired) electrons. The first-order chi connectivity index (χ1) is 17.6. The number of amides is 1. The maximum Gasteiger partial charge on any atom is 0.256 e. The Labute approximate surface area is 214 Å². The molecule has 2 saturated heterocycles. The Balaban J connectivity index is 1.15. The van der Waals surface area contributed by atoms with Crippen LogP contribution in [0.1, 0.15) is 60.4 Å². The number of carbonyl (C=O) groups excluding carboxylic acids is 1. The molecule has 190 valence electrons. The van der Waals surface area contributed by atoms with Crippen molar-refractivity contribution in [1.29, 1.82) is 0 Å². The first kappa shape index (κ1) is 23.7. The minimum atomic E-state index is -0.155. The molecule has 36 heavy (non-hydrogen) atoms. The third-order valence-electron chi connectivity index (χ3n) is 9.33. The molecule has 1 amide bonds. The number of hydrogen-bond acceptors (Lipinski definition) is 2. The quantitative estimate of drug-likeness (QED) is 0.437. The van der Waals surface area contributed by atoms with E-state index in [1.807, 2.05) is 37.5 Å². The van der Waals surface area contributed by atoms with Crippen molar-refractivity contribution in [2.75, 3.05) is 32.7 Å². The largest absolute Gasteiger partial charge is 0.350 e. The molecule has 0 N–H and O–H groups in total. The maximum absolute atomic E-state index is 13.8. The summed E-state index contributed by atoms with van der Waals surface area (Å²) in [7, 11) is 2.03. The highest BCUT2D eigenvalue weighted by Gasteiger charge is 2.41. The van der Waals surface area contributed by atoms with Crippen molar-refractivity contribution in [3.8, 4) is 0 Å². The van der Waals surface area contributed by atoms with E-state index >= 15 is 0 Å². The zero-order chi connectivity index (χ0) is 24.6. The zero-order valence-corrected chi connectivity index (χ0v) is 21.4. The van der Waals surface area contributed by atoms with Crippen LogP contribution in [0.2, 0.25) is 0 Å². The van der Waals surface area contributed by atoms with E-state index in [0.29, 0.717) is 17.8 Å². The number of aryl methyl sites for hydroxylation is 1. The predicted molar refractivity (Wildman–Crippen MR) is 143 cm³/mol. The number of nitrogens with zero attached hydrogens (tertiary/aromatic N) is 3. The Morgan fingerprint density at radius 1 is 0.944 bits per heavy atom. The summed E-state index contributed by atoms with van der Waals surface area (Å²) >= 11 is 0. The van der Waals surface area contributed by atoms with Gasteiger partial charge in [0.25, 0.3) is 5.91 Å². The van der Waals surface area contributed by atoms with Gasteiger partial charge in [-0.2, -0.15) is 0 Å². The fourth-order valence-electron chi connectivity index (χ4n) is 7.39. The first-order valence-electron chi connectivity index (χ1n) is 13.9. The summed E-state index contributed by atoms with van der Waals surface area (Å²) in [6.07, 6.45) is 9.63. The summed E-state index contributed by atoms with van der Waals surface area (Å²) in [5.74, 6) is 2.49. The van der Waals surface area contributed by atoms with Gasteiger partial charge < -0.3 is 14.4 Å². The van der Waals surface area contributed by atoms with Crippen LogP contribution < -0.4 is 0 Å². The minimum Gasteiger partial charge on any atom is -0.350 e. The van der Waals surface area contributed by atoms with E-state index in [-0.39, 0.29) is 11.7 Å². The van der Waals surface area contributed by atoms with Gasteiger partial charge in [-0.1, -0.05) is 49.9 Å². The number of hydrogen-bond donors (Lipinski definition) is 0. The van der Waals surface area contributed by atoms with E-state index in [4.69, 9.17) is 0 Å². The van der Waals surface area contributed by atoms with E-state index in [1.54, 1.807) is 12.1 Å². The van der Waals surface area contributed by atoms with Crippen molar-refractivity contribution in [3.63, 3.8) is 0 Å². The van der Waals surface area contributed by atoms with Crippen molar-refractivity contribution in [2.24, 2.45) is 24.8 Å². The molecule has 3 aromatic rings. The van der Waals surface area contributed by atoms with Gasteiger partial charge in [-0.3, -0.25) is 4.79 Å². The maximum atomic E-state index is 13.8. The Morgan fingerprint density at radius 3 is 2.44 bits per heavy atom. The van der Waals surface area contributed by atoms with Gasteiger partial charge in [-0.25, -0.2) is 4.39 Å². The van der Waals surface area contributed by atoms with Gasteiger partial charge in [0.1, 0.15) is 5.82 Å². The third-order valence-corrected chi connectivity index (χ3v) is 9.33. The minimum absolute atomic E-state index is 0.155. The molecule has 3 fully saturated rings. The summed E-state index contributed by atoms with van der Waals surface area (Å²) in [6, 6.07) is 15.3. The molecule has 1 aromatic heterocycles. The number of aromatic nitrogens is 1. The molecule has 1 saturated carbocycles. The van der Waals surface area contributed by atoms with Crippen LogP contribution in [0.4, 0.5) is 4.39 Å². The molecule has 4 nitrogen and oxygen atoms in total. The van der Waals surface area contributed by atoms with Gasteiger partial charge in [0.05, 0.1) is 11.1 Å². The third kappa shape index (κ3) is 4.58. The van der Waals surface area contributed by atoms with Gasteiger partial charge in [-0.05, 0) is 79.4 Å². The summed E-state index contributed by atoms with van der Waals surface area (Å²) < 4.78 is 15.4. The standard InChI is InChI=1S/C31H38FN3O/c1-33-16-13-25-7-4-8-28(30(25)33)31(36)35-20-26(29(21-35)24-5-2-3-6-24)19-34-17-14-23(15-18-34)22-9-11-27(32)12-10-22/h4,7-13,16,23-24,26,29H,2-3,5-6,14-15,17-21H2,1H3. The molecule has 0 spiro atoms. The van der Waals surface area contributed by atoms with Crippen LogP contribution in [0.15, 0.2) is 54.7 Å². The van der Waals surface area contributed by atoms with E-state index < -0.39 is 0 Å². The summed E-state index contributed by atoms with van der Waals surface area (Å²) in [5, 5.41) is 1.13. The second kappa shape index (κ2) is 10.0. The number of benzene rings is 2. The first-order valence-corrected chi connectivity index (χ1v) is 13.9. The Bertz CT molecular complexity index is 1200. The number of halogens is 1. The van der Waals surface area contributed by atoms with E-state index in [1.165, 1.54) is 31.2 Å². The Hall–Kier alpha value is -2.66. The highest BCUT2D eigenvalue weighted by atomic mass is 19.1. The monoisotopic (exact) mass is 487 g/mol. The zero-order valence-electron chi connectivity index (χ0n) is 21.4. The van der Waals surface area contributed by atoms with Crippen molar-refractivity contribution in [1.82, 2.24) is 14.4 Å². The van der Waals surface area contributed by atoms with Gasteiger partial charge >= 0.3 is 0 Å². The number of rotatable bonds is 5. The predicted octanol–water partition coefficient (Wildman–Crippen LogP) is 6.08. The van der Waals surface area contributed by atoms with Crippen LogP contribution in [0.25, 0.3) is 10.9 Å². The van der Waals surface area contributed by atoms with Crippen LogP contribution in [-0.4, -0.2) is 53.0 Å². The van der Waals surface area contributed by atoms with Crippen LogP contribution >= 0.6 is 0 Å². The molecule has 2 unspecified atom stereocenters. The lowest BCUT2D eigenvalue weighted by molar-refractivity contribution is 0.0780. The lowest BCUT2D eigenvalue weighted by Gasteiger charge is -2.35. The molecule has 2 aliphatic heterocycles. The SMILES string of the molecule is Cn1ccc2cccc(C(=O)N3CC(CN4CCC(c5ccc(F)cc5)CC4)C(C4CCCC4)C3)c21. The number of likely N-dealkylation sites (tertiary alicyclic amines) is 2. The fraction of sp³-hybridized carbons (Fsp3) is 0.516. The average Bonchev–Trinajstić information content (AvgIpc) is 3.65. The van der Waals surface area contributed by atoms with Crippen LogP contribution in [-0.2, 0) is 7.05 Å². The number of carbonyl (C=O) groups is 1. The van der Waals surface area contributed by atoms with E-state index in [0.717, 1.165) is 67.9 Å². The molecule has 1 aliphatic carbocycles. The molecule has 6 rings (SSSR count). The average molecular weight is 488 g/mol. The van der Waals surface area contributed by atoms with Crippen molar-refractivity contribution >= 4 is 16.8 Å². The molecular formula is C31H38FN3O. The van der Waals surface area contributed by atoms with E-state index in [9.17, 15) is 9.18 Å². The molecule has 2 aromatic carbocycles. The van der Waals surface area contributed by atoms with Crippen molar-refractivity contribution in [3.05, 3.63) is 71.7 Å². The molecule has 5 heteroatoms. The van der Waals surface area contributed by atoms with Crippen LogP contribution in [0.3, 0.4) is 0 Å². The van der Waals surface area contributed by atoms with Crippen LogP contribution in [0.5, 0.6) is 0 Å². The number of piperidine rings is 1. The number of para-hydroxylation sites is 1. The van der Waals surface area contributed by atoms with Gasteiger partial charge in [0, 0.05) is 38.3 Å². The van der Waals surface area contributed by atoms with Gasteiger partial charge in [-0.15, -0.1) is 0 Å². The Kier molecular flexibility index (Phi) is 6.59. The van der Waals surface area contributed by atoms with Gasteiger partial charge in [0.15, 0.2) is 0 Å². The molecule has 3 aliphatic rings. The lowest BCUT2D eigenvalue weighted by Crippen LogP contribution is -2.39. The Morgan fingerprint density at radius 2 is 1.69 bits per heavy atom. The topological polar surface area (TPSA) is 28.5 Å². The van der Waals surface area contributed by atoms with Crippen molar-refractivity contribution in [2.45, 2.75) is 44.4 Å². The normalized spacial score (nSPS) is 24.2. The van der Waals surface area contributed by atoms with Crippen LogP contribution in [0, 0.1) is 23.6 Å². The summed E-state index contributed by atoms with van der Waals surface area (Å²) in [6.45, 7) is 5.05. The molecule has 0 bridgehead atoms. The molecular weight excluding hydrogens is 449 g/mol. The lowest BCUT2D eigenvalue weighted by atomic mass is 9.82. The second-order valence-electron chi connectivity index (χ2n) is 11.5. The second-order valence-corrected chi connectivity index (χ2v) is 11.5. The number of fused-ring (bicyclic) bond motifs is 1. The molecule has 2 atom stereocenters.